The molecule has 0 aromatic heterocycles. The number of allylic oxidation sites excluding steroid dienone is 2. The molecule has 1 aliphatic heterocycles. The quantitative estimate of drug-likeness (QED) is 0.844. The average molecular weight is 290 g/mol. The summed E-state index contributed by atoms with van der Waals surface area (Å²) in [4.78, 5) is 24.3. The second-order valence-electron chi connectivity index (χ2n) is 4.55. The van der Waals surface area contributed by atoms with Crippen molar-refractivity contribution >= 4 is 11.8 Å². The van der Waals surface area contributed by atoms with Crippen LogP contribution in [0.2, 0.25) is 0 Å². The molecule has 1 rings (SSSR count). The van der Waals surface area contributed by atoms with Crippen molar-refractivity contribution in [1.29, 1.82) is 0 Å². The summed E-state index contributed by atoms with van der Waals surface area (Å²) in [5, 5.41) is 0. The van der Waals surface area contributed by atoms with E-state index in [1.807, 2.05) is 0 Å². The highest BCUT2D eigenvalue weighted by Gasteiger charge is 2.29. The minimum atomic E-state index is -4.26. The first-order valence-corrected chi connectivity index (χ1v) is 6.29. The Morgan fingerprint density at radius 2 is 2.15 bits per heavy atom. The maximum Gasteiger partial charge on any atom is 0.389 e. The molecule has 0 bridgehead atoms. The Bertz CT molecular complexity index is 441. The third-order valence-corrected chi connectivity index (χ3v) is 2.97. The second-order valence-corrected chi connectivity index (χ2v) is 4.55. The highest BCUT2D eigenvalue weighted by molar-refractivity contribution is 5.88. The maximum absolute atomic E-state index is 12.2. The first-order valence-electron chi connectivity index (χ1n) is 6.29. The predicted molar refractivity (Wildman–Crippen MR) is 67.2 cm³/mol. The summed E-state index contributed by atoms with van der Waals surface area (Å²) < 4.78 is 36.7. The van der Waals surface area contributed by atoms with E-state index in [-0.39, 0.29) is 18.7 Å². The van der Waals surface area contributed by atoms with Gasteiger partial charge in [0.15, 0.2) is 0 Å². The Morgan fingerprint density at radius 3 is 2.65 bits per heavy atom. The number of hydrogen-bond acceptors (Lipinski definition) is 2. The van der Waals surface area contributed by atoms with Gasteiger partial charge in [0.25, 0.3) is 0 Å². The van der Waals surface area contributed by atoms with Gasteiger partial charge in [-0.1, -0.05) is 19.1 Å². The Balaban J connectivity index is 2.92. The molecule has 4 nitrogen and oxygen atoms in total. The molecule has 2 N–H and O–H groups in total. The van der Waals surface area contributed by atoms with Gasteiger partial charge in [-0.15, -0.1) is 0 Å². The third kappa shape index (κ3) is 4.71. The number of nitrogens with two attached hydrogens (primary N) is 1. The minimum absolute atomic E-state index is 0.0375. The minimum Gasteiger partial charge on any atom is -0.368 e. The van der Waals surface area contributed by atoms with E-state index in [4.69, 9.17) is 5.73 Å². The van der Waals surface area contributed by atoms with Gasteiger partial charge in [0.2, 0.25) is 11.8 Å². The first-order chi connectivity index (χ1) is 9.24. The Kier molecular flexibility index (Phi) is 5.35. The smallest absolute Gasteiger partial charge is 0.368 e. The SMILES string of the molecule is CCC(C(N)=O)N1C=C(CCC(F)(F)F)C=CCC1=O. The van der Waals surface area contributed by atoms with Gasteiger partial charge in [-0.25, -0.2) is 0 Å². The summed E-state index contributed by atoms with van der Waals surface area (Å²) in [6.45, 7) is 1.68. The molecule has 0 saturated heterocycles. The van der Waals surface area contributed by atoms with Crippen molar-refractivity contribution in [1.82, 2.24) is 4.90 Å². The van der Waals surface area contributed by atoms with Gasteiger partial charge in [0, 0.05) is 19.0 Å². The van der Waals surface area contributed by atoms with E-state index in [2.05, 4.69) is 0 Å². The van der Waals surface area contributed by atoms with Crippen LogP contribution < -0.4 is 5.73 Å². The number of rotatable bonds is 5. The van der Waals surface area contributed by atoms with E-state index in [0.29, 0.717) is 12.0 Å². The molecule has 0 aromatic rings. The molecule has 1 heterocycles. The predicted octanol–water partition coefficient (Wildman–Crippen LogP) is 2.27. The first kappa shape index (κ1) is 16.3. The lowest BCUT2D eigenvalue weighted by atomic mass is 10.1. The number of nitrogens with zero attached hydrogens (tertiary/aromatic N) is 1. The van der Waals surface area contributed by atoms with Crippen molar-refractivity contribution < 1.29 is 22.8 Å². The van der Waals surface area contributed by atoms with Crippen molar-refractivity contribution in [2.45, 2.75) is 44.8 Å². The van der Waals surface area contributed by atoms with Crippen LogP contribution in [0.5, 0.6) is 0 Å². The van der Waals surface area contributed by atoms with Crippen molar-refractivity contribution in [3.05, 3.63) is 23.9 Å². The number of carbonyl (C=O) groups is 2. The van der Waals surface area contributed by atoms with Gasteiger partial charge in [-0.3, -0.25) is 9.59 Å². The molecular formula is C13H17F3N2O2. The molecule has 0 radical (unpaired) electrons. The van der Waals surface area contributed by atoms with E-state index in [1.54, 1.807) is 6.92 Å². The fraction of sp³-hybridized carbons (Fsp3) is 0.538. The molecule has 20 heavy (non-hydrogen) atoms. The van der Waals surface area contributed by atoms with Gasteiger partial charge in [0.05, 0.1) is 0 Å². The molecule has 1 atom stereocenters. The van der Waals surface area contributed by atoms with E-state index in [9.17, 15) is 22.8 Å². The number of alkyl halides is 3. The van der Waals surface area contributed by atoms with Crippen LogP contribution in [0.3, 0.4) is 0 Å². The molecular weight excluding hydrogens is 273 g/mol. The molecule has 7 heteroatoms. The van der Waals surface area contributed by atoms with Crippen LogP contribution in [-0.4, -0.2) is 28.9 Å². The number of hydrogen-bond donors (Lipinski definition) is 1. The fourth-order valence-electron chi connectivity index (χ4n) is 1.94. The Morgan fingerprint density at radius 1 is 1.50 bits per heavy atom. The van der Waals surface area contributed by atoms with Crippen LogP contribution in [-0.2, 0) is 9.59 Å². The summed E-state index contributed by atoms with van der Waals surface area (Å²) in [6, 6.07) is -0.830. The number of amides is 2. The molecule has 0 aliphatic carbocycles. The molecule has 2 amide bonds. The summed E-state index contributed by atoms with van der Waals surface area (Å²) in [5.74, 6) is -1.02. The number of halogens is 3. The van der Waals surface area contributed by atoms with Crippen molar-refractivity contribution in [2.75, 3.05) is 0 Å². The van der Waals surface area contributed by atoms with Gasteiger partial charge >= 0.3 is 6.18 Å². The summed E-state index contributed by atoms with van der Waals surface area (Å²) >= 11 is 0. The summed E-state index contributed by atoms with van der Waals surface area (Å²) in [5.41, 5.74) is 5.57. The molecule has 112 valence electrons. The van der Waals surface area contributed by atoms with Crippen molar-refractivity contribution in [2.24, 2.45) is 5.73 Å². The maximum atomic E-state index is 12.2. The third-order valence-electron chi connectivity index (χ3n) is 2.97. The second kappa shape index (κ2) is 6.58. The highest BCUT2D eigenvalue weighted by atomic mass is 19.4. The zero-order valence-electron chi connectivity index (χ0n) is 11.1. The highest BCUT2D eigenvalue weighted by Crippen LogP contribution is 2.26. The summed E-state index contributed by atoms with van der Waals surface area (Å²) in [6.07, 6.45) is -0.840. The lowest BCUT2D eigenvalue weighted by Gasteiger charge is -2.25. The van der Waals surface area contributed by atoms with Crippen LogP contribution >= 0.6 is 0 Å². The van der Waals surface area contributed by atoms with Crippen molar-refractivity contribution in [3.8, 4) is 0 Å². The van der Waals surface area contributed by atoms with E-state index < -0.39 is 24.5 Å². The standard InChI is InChI=1S/C13H17F3N2O2/c1-2-10(12(17)20)18-8-9(4-3-5-11(18)19)6-7-13(14,15)16/h3-4,8,10H,2,5-7H2,1H3,(H2,17,20). The van der Waals surface area contributed by atoms with Crippen molar-refractivity contribution in [3.63, 3.8) is 0 Å². The van der Waals surface area contributed by atoms with Crippen LogP contribution in [0, 0.1) is 0 Å². The Hall–Kier alpha value is -1.79. The average Bonchev–Trinajstić information content (AvgIpc) is 2.49. The molecule has 0 aromatic carbocycles. The molecule has 1 aliphatic rings. The zero-order chi connectivity index (χ0) is 15.3. The molecule has 0 fully saturated rings. The molecule has 0 spiro atoms. The lowest BCUT2D eigenvalue weighted by Crippen LogP contribution is -2.44. The van der Waals surface area contributed by atoms with Gasteiger partial charge in [0.1, 0.15) is 6.04 Å². The van der Waals surface area contributed by atoms with Gasteiger partial charge < -0.3 is 10.6 Å². The van der Waals surface area contributed by atoms with Crippen LogP contribution in [0.15, 0.2) is 23.9 Å². The van der Waals surface area contributed by atoms with Crippen LogP contribution in [0.4, 0.5) is 13.2 Å². The van der Waals surface area contributed by atoms with Crippen LogP contribution in [0.25, 0.3) is 0 Å². The van der Waals surface area contributed by atoms with E-state index in [0.717, 1.165) is 4.90 Å². The Labute approximate surface area is 115 Å². The van der Waals surface area contributed by atoms with Gasteiger partial charge in [-0.2, -0.15) is 13.2 Å². The normalized spacial score (nSPS) is 17.7. The topological polar surface area (TPSA) is 63.4 Å². The number of primary amides is 1. The van der Waals surface area contributed by atoms with Gasteiger partial charge in [-0.05, 0) is 18.4 Å². The molecule has 1 unspecified atom stereocenters. The number of carbonyl (C=O) groups excluding carboxylic acids is 2. The largest absolute Gasteiger partial charge is 0.389 e. The monoisotopic (exact) mass is 290 g/mol. The van der Waals surface area contributed by atoms with E-state index >= 15 is 0 Å². The lowest BCUT2D eigenvalue weighted by molar-refractivity contribution is -0.135. The van der Waals surface area contributed by atoms with Crippen LogP contribution in [0.1, 0.15) is 32.6 Å². The fourth-order valence-corrected chi connectivity index (χ4v) is 1.94. The molecule has 0 saturated carbocycles. The van der Waals surface area contributed by atoms with E-state index in [1.165, 1.54) is 18.4 Å². The summed E-state index contributed by atoms with van der Waals surface area (Å²) in [7, 11) is 0. The zero-order valence-corrected chi connectivity index (χ0v) is 11.1.